The fourth-order valence-electron chi connectivity index (χ4n) is 1.93. The Balaban J connectivity index is 1.99. The number of carbonyl (C=O) groups is 1. The predicted molar refractivity (Wildman–Crippen MR) is 73.3 cm³/mol. The van der Waals surface area contributed by atoms with Crippen LogP contribution in [0.4, 0.5) is 5.69 Å². The maximum atomic E-state index is 12.0. The quantitative estimate of drug-likeness (QED) is 0.816. The molecule has 4 heteroatoms. The van der Waals surface area contributed by atoms with Gasteiger partial charge >= 0.3 is 0 Å². The molecule has 1 amide bonds. The Labute approximate surface area is 109 Å². The third-order valence-corrected chi connectivity index (χ3v) is 3.69. The van der Waals surface area contributed by atoms with Crippen molar-refractivity contribution in [3.8, 4) is 0 Å². The first kappa shape index (κ1) is 11.9. The van der Waals surface area contributed by atoms with Gasteiger partial charge in [0.05, 0.1) is 5.92 Å². The van der Waals surface area contributed by atoms with Crippen LogP contribution < -0.4 is 10.6 Å². The summed E-state index contributed by atoms with van der Waals surface area (Å²) < 4.78 is 1.17. The molecular formula is C12H15IN2O. The monoisotopic (exact) mass is 330 g/mol. The minimum absolute atomic E-state index is 0.0966. The number of nitrogens with one attached hydrogen (secondary N) is 2. The van der Waals surface area contributed by atoms with Crippen molar-refractivity contribution in [3.05, 3.63) is 27.8 Å². The van der Waals surface area contributed by atoms with E-state index in [4.69, 9.17) is 0 Å². The van der Waals surface area contributed by atoms with Crippen LogP contribution in [0.5, 0.6) is 0 Å². The standard InChI is InChI=1S/C12H15IN2O/c1-8-6-14-7-11(8)12(16)15-10-4-2-9(13)3-5-10/h2-5,8,11,14H,6-7H2,1H3,(H,15,16). The van der Waals surface area contributed by atoms with E-state index in [1.165, 1.54) is 3.57 Å². The van der Waals surface area contributed by atoms with Crippen LogP contribution >= 0.6 is 22.6 Å². The molecule has 0 aromatic heterocycles. The van der Waals surface area contributed by atoms with Crippen LogP contribution in [0.25, 0.3) is 0 Å². The Kier molecular flexibility index (Phi) is 3.81. The van der Waals surface area contributed by atoms with E-state index in [0.29, 0.717) is 5.92 Å². The fraction of sp³-hybridized carbons (Fsp3) is 0.417. The van der Waals surface area contributed by atoms with E-state index in [1.807, 2.05) is 24.3 Å². The normalized spacial score (nSPS) is 24.4. The molecule has 2 N–H and O–H groups in total. The second-order valence-electron chi connectivity index (χ2n) is 4.24. The zero-order valence-electron chi connectivity index (χ0n) is 9.16. The summed E-state index contributed by atoms with van der Waals surface area (Å²) in [5.41, 5.74) is 0.879. The van der Waals surface area contributed by atoms with Gasteiger partial charge in [-0.3, -0.25) is 4.79 Å². The van der Waals surface area contributed by atoms with Gasteiger partial charge in [-0.2, -0.15) is 0 Å². The maximum absolute atomic E-state index is 12.0. The van der Waals surface area contributed by atoms with Crippen molar-refractivity contribution in [1.82, 2.24) is 5.32 Å². The highest BCUT2D eigenvalue weighted by Crippen LogP contribution is 2.18. The molecule has 0 aliphatic carbocycles. The average Bonchev–Trinajstić information content (AvgIpc) is 2.68. The molecule has 1 aromatic carbocycles. The summed E-state index contributed by atoms with van der Waals surface area (Å²) in [6.45, 7) is 3.83. The minimum atomic E-state index is 0.0966. The first-order valence-corrected chi connectivity index (χ1v) is 6.52. The van der Waals surface area contributed by atoms with Crippen LogP contribution in [-0.4, -0.2) is 19.0 Å². The largest absolute Gasteiger partial charge is 0.326 e. The van der Waals surface area contributed by atoms with Gasteiger partial charge in [-0.05, 0) is 59.3 Å². The Hall–Kier alpha value is -0.620. The molecule has 2 atom stereocenters. The summed E-state index contributed by atoms with van der Waals surface area (Å²) in [4.78, 5) is 12.0. The van der Waals surface area contributed by atoms with Crippen molar-refractivity contribution in [2.24, 2.45) is 11.8 Å². The SMILES string of the molecule is CC1CNCC1C(=O)Nc1ccc(I)cc1. The van der Waals surface area contributed by atoms with Gasteiger partial charge in [-0.25, -0.2) is 0 Å². The molecule has 0 bridgehead atoms. The lowest BCUT2D eigenvalue weighted by Crippen LogP contribution is -2.27. The summed E-state index contributed by atoms with van der Waals surface area (Å²) in [5.74, 6) is 0.641. The zero-order chi connectivity index (χ0) is 11.5. The molecule has 1 fully saturated rings. The Morgan fingerprint density at radius 3 is 2.62 bits per heavy atom. The van der Waals surface area contributed by atoms with Crippen LogP contribution in [0, 0.1) is 15.4 Å². The van der Waals surface area contributed by atoms with Crippen molar-refractivity contribution in [2.45, 2.75) is 6.92 Å². The number of anilines is 1. The molecule has 3 nitrogen and oxygen atoms in total. The second kappa shape index (κ2) is 5.14. The third kappa shape index (κ3) is 2.74. The van der Waals surface area contributed by atoms with Crippen LogP contribution in [0.2, 0.25) is 0 Å². The van der Waals surface area contributed by atoms with Gasteiger partial charge in [0, 0.05) is 15.8 Å². The van der Waals surface area contributed by atoms with Gasteiger partial charge in [0.25, 0.3) is 0 Å². The van der Waals surface area contributed by atoms with E-state index >= 15 is 0 Å². The Morgan fingerprint density at radius 1 is 1.38 bits per heavy atom. The van der Waals surface area contributed by atoms with Crippen molar-refractivity contribution < 1.29 is 4.79 Å². The summed E-state index contributed by atoms with van der Waals surface area (Å²) in [5, 5.41) is 6.20. The molecule has 1 heterocycles. The van der Waals surface area contributed by atoms with Gasteiger partial charge in [-0.1, -0.05) is 6.92 Å². The first-order chi connectivity index (χ1) is 7.66. The lowest BCUT2D eigenvalue weighted by atomic mass is 9.97. The van der Waals surface area contributed by atoms with E-state index in [-0.39, 0.29) is 11.8 Å². The lowest BCUT2D eigenvalue weighted by molar-refractivity contribution is -0.120. The average molecular weight is 330 g/mol. The van der Waals surface area contributed by atoms with Crippen LogP contribution in [0.3, 0.4) is 0 Å². The van der Waals surface area contributed by atoms with E-state index < -0.39 is 0 Å². The molecule has 16 heavy (non-hydrogen) atoms. The van der Waals surface area contributed by atoms with E-state index in [9.17, 15) is 4.79 Å². The zero-order valence-corrected chi connectivity index (χ0v) is 11.3. The molecular weight excluding hydrogens is 315 g/mol. The number of benzene rings is 1. The smallest absolute Gasteiger partial charge is 0.229 e. The molecule has 0 radical (unpaired) electrons. The topological polar surface area (TPSA) is 41.1 Å². The van der Waals surface area contributed by atoms with Gasteiger partial charge in [0.1, 0.15) is 0 Å². The molecule has 0 saturated carbocycles. The number of hydrogen-bond acceptors (Lipinski definition) is 2. The first-order valence-electron chi connectivity index (χ1n) is 5.44. The number of halogens is 1. The van der Waals surface area contributed by atoms with E-state index in [1.54, 1.807) is 0 Å². The lowest BCUT2D eigenvalue weighted by Gasteiger charge is -2.14. The highest BCUT2D eigenvalue weighted by Gasteiger charge is 2.29. The molecule has 2 rings (SSSR count). The van der Waals surface area contributed by atoms with Gasteiger partial charge in [-0.15, -0.1) is 0 Å². The molecule has 2 unspecified atom stereocenters. The summed E-state index contributed by atoms with van der Waals surface area (Å²) in [7, 11) is 0. The molecule has 1 aliphatic heterocycles. The van der Waals surface area contributed by atoms with Crippen LogP contribution in [0.1, 0.15) is 6.92 Å². The molecule has 86 valence electrons. The second-order valence-corrected chi connectivity index (χ2v) is 5.48. The molecule has 1 saturated heterocycles. The van der Waals surface area contributed by atoms with Crippen LogP contribution in [0.15, 0.2) is 24.3 Å². The summed E-state index contributed by atoms with van der Waals surface area (Å²) in [6.07, 6.45) is 0. The Bertz CT molecular complexity index is 377. The molecule has 1 aliphatic rings. The van der Waals surface area contributed by atoms with Crippen molar-refractivity contribution in [2.75, 3.05) is 18.4 Å². The Morgan fingerprint density at radius 2 is 2.06 bits per heavy atom. The highest BCUT2D eigenvalue weighted by atomic mass is 127. The van der Waals surface area contributed by atoms with Crippen molar-refractivity contribution >= 4 is 34.2 Å². The fourth-order valence-corrected chi connectivity index (χ4v) is 2.29. The van der Waals surface area contributed by atoms with E-state index in [0.717, 1.165) is 18.8 Å². The van der Waals surface area contributed by atoms with Crippen molar-refractivity contribution in [3.63, 3.8) is 0 Å². The molecule has 0 spiro atoms. The number of amides is 1. The minimum Gasteiger partial charge on any atom is -0.326 e. The summed E-state index contributed by atoms with van der Waals surface area (Å²) >= 11 is 2.25. The van der Waals surface area contributed by atoms with Crippen LogP contribution in [-0.2, 0) is 4.79 Å². The van der Waals surface area contributed by atoms with E-state index in [2.05, 4.69) is 40.1 Å². The maximum Gasteiger partial charge on any atom is 0.229 e. The summed E-state index contributed by atoms with van der Waals surface area (Å²) in [6, 6.07) is 7.86. The van der Waals surface area contributed by atoms with Gasteiger partial charge in [0.2, 0.25) is 5.91 Å². The van der Waals surface area contributed by atoms with Gasteiger partial charge in [0.15, 0.2) is 0 Å². The van der Waals surface area contributed by atoms with Gasteiger partial charge < -0.3 is 10.6 Å². The number of carbonyl (C=O) groups excluding carboxylic acids is 1. The number of hydrogen-bond donors (Lipinski definition) is 2. The molecule has 1 aromatic rings. The third-order valence-electron chi connectivity index (χ3n) is 2.97. The predicted octanol–water partition coefficient (Wildman–Crippen LogP) is 2.09. The number of rotatable bonds is 2. The highest BCUT2D eigenvalue weighted by molar-refractivity contribution is 14.1. The van der Waals surface area contributed by atoms with Crippen molar-refractivity contribution in [1.29, 1.82) is 0 Å².